The number of rotatable bonds is 21. The van der Waals surface area contributed by atoms with Crippen molar-refractivity contribution in [2.24, 2.45) is 0 Å². The fraction of sp³-hybridized carbons (Fsp3) is 0.444. The lowest BCUT2D eigenvalue weighted by Gasteiger charge is -2.34. The normalized spacial score (nSPS) is 17.5. The van der Waals surface area contributed by atoms with E-state index in [1.807, 2.05) is 0 Å². The van der Waals surface area contributed by atoms with Crippen molar-refractivity contribution < 1.29 is 55.1 Å². The van der Waals surface area contributed by atoms with Crippen LogP contribution in [0.1, 0.15) is 73.9 Å². The molecule has 4 aromatic carbocycles. The number of likely N-dealkylation sites (N-methyl/N-ethyl adjacent to an activating group) is 2. The Morgan fingerprint density at radius 2 is 0.878 bits per heavy atom. The van der Waals surface area contributed by atoms with E-state index < -0.39 is 84.0 Å². The maximum absolute atomic E-state index is 14.5. The standard InChI is InChI=1S/C54H64F6N8O6/c1-35(61-3)47(69)63-45(49(71)67-29-11-17-43(67)33-65(51(73)53(55,56)57)31-27-37-13-7-5-8-14-37)41-23-19-39(20-24-41)40-21-25-42(26-22-40)46(64-48(70)36(2)62-4)50(72)68-30-12-18-44(68)34-66(52(74)54(58,59)60)32-28-38-15-9-6-10-16-38/h5-10,13-16,19-26,35-36,43-46,61-62H,11-12,17-18,27-34H2,1-4H3,(H,63,69)(H,64,70)/t35-,36-,43-,44-,45?,46?/m0/s1. The summed E-state index contributed by atoms with van der Waals surface area (Å²) in [7, 11) is 3.15. The van der Waals surface area contributed by atoms with Crippen LogP contribution in [-0.4, -0.2) is 145 Å². The summed E-state index contributed by atoms with van der Waals surface area (Å²) in [5.74, 6) is -6.12. The summed E-state index contributed by atoms with van der Waals surface area (Å²) in [6.45, 7) is 2.41. The van der Waals surface area contributed by atoms with Crippen molar-refractivity contribution in [2.75, 3.05) is 53.4 Å². The van der Waals surface area contributed by atoms with E-state index in [9.17, 15) is 55.1 Å². The molecule has 0 aliphatic carbocycles. The minimum absolute atomic E-state index is 0.166. The second kappa shape index (κ2) is 25.4. The zero-order valence-corrected chi connectivity index (χ0v) is 41.8. The van der Waals surface area contributed by atoms with Gasteiger partial charge in [-0.05, 0) is 99.8 Å². The minimum Gasteiger partial charge on any atom is -0.339 e. The first-order valence-electron chi connectivity index (χ1n) is 24.8. The van der Waals surface area contributed by atoms with E-state index >= 15 is 0 Å². The van der Waals surface area contributed by atoms with Crippen LogP contribution < -0.4 is 21.3 Å². The van der Waals surface area contributed by atoms with E-state index in [1.54, 1.807) is 137 Å². The highest BCUT2D eigenvalue weighted by Gasteiger charge is 2.46. The first-order chi connectivity index (χ1) is 35.2. The van der Waals surface area contributed by atoms with E-state index in [1.165, 1.54) is 9.80 Å². The first-order valence-corrected chi connectivity index (χ1v) is 24.8. The van der Waals surface area contributed by atoms with Crippen LogP contribution in [0.4, 0.5) is 26.3 Å². The largest absolute Gasteiger partial charge is 0.471 e. The van der Waals surface area contributed by atoms with Crippen molar-refractivity contribution in [3.8, 4) is 11.1 Å². The van der Waals surface area contributed by atoms with Gasteiger partial charge in [0.1, 0.15) is 12.1 Å². The van der Waals surface area contributed by atoms with E-state index in [4.69, 9.17) is 0 Å². The molecule has 4 N–H and O–H groups in total. The van der Waals surface area contributed by atoms with Gasteiger partial charge in [-0.1, -0.05) is 109 Å². The predicted octanol–water partition coefficient (Wildman–Crippen LogP) is 6.13. The third-order valence-electron chi connectivity index (χ3n) is 13.8. The molecule has 0 bridgehead atoms. The molecule has 6 atom stereocenters. The lowest BCUT2D eigenvalue weighted by Crippen LogP contribution is -2.52. The number of carbonyl (C=O) groups excluding carboxylic acids is 6. The average Bonchev–Trinajstić information content (AvgIpc) is 4.08. The van der Waals surface area contributed by atoms with Crippen LogP contribution in [0.5, 0.6) is 0 Å². The number of benzene rings is 4. The number of hydrogen-bond acceptors (Lipinski definition) is 8. The highest BCUT2D eigenvalue weighted by Crippen LogP contribution is 2.31. The first kappa shape index (κ1) is 56.5. The molecule has 2 saturated heterocycles. The molecule has 14 nitrogen and oxygen atoms in total. The molecule has 2 unspecified atom stereocenters. The molecule has 4 aromatic rings. The molecule has 0 saturated carbocycles. The summed E-state index contributed by atoms with van der Waals surface area (Å²) in [6, 6.07) is 25.6. The molecule has 6 rings (SSSR count). The number of nitrogens with zero attached hydrogens (tertiary/aromatic N) is 4. The number of carbonyl (C=O) groups is 6. The van der Waals surface area contributed by atoms with Gasteiger partial charge >= 0.3 is 24.2 Å². The van der Waals surface area contributed by atoms with Gasteiger partial charge in [0, 0.05) is 51.4 Å². The summed E-state index contributed by atoms with van der Waals surface area (Å²) in [5, 5.41) is 11.3. The van der Waals surface area contributed by atoms with Gasteiger partial charge in [-0.3, -0.25) is 28.8 Å². The molecule has 0 radical (unpaired) electrons. The molecular weight excluding hydrogens is 971 g/mol. The van der Waals surface area contributed by atoms with Gasteiger partial charge in [0.2, 0.25) is 23.6 Å². The second-order valence-corrected chi connectivity index (χ2v) is 18.8. The van der Waals surface area contributed by atoms with Gasteiger partial charge in [0.15, 0.2) is 0 Å². The third kappa shape index (κ3) is 14.7. The molecule has 0 aromatic heterocycles. The summed E-state index contributed by atoms with van der Waals surface area (Å²) >= 11 is 0. The molecule has 6 amide bonds. The summed E-state index contributed by atoms with van der Waals surface area (Å²) in [6.07, 6.45) is -8.34. The Labute approximate surface area is 427 Å². The van der Waals surface area contributed by atoms with E-state index in [0.29, 0.717) is 47.9 Å². The lowest BCUT2D eigenvalue weighted by molar-refractivity contribution is -0.186. The maximum Gasteiger partial charge on any atom is 0.471 e. The highest BCUT2D eigenvalue weighted by atomic mass is 19.4. The zero-order chi connectivity index (χ0) is 53.7. The molecule has 2 fully saturated rings. The van der Waals surface area contributed by atoms with Crippen molar-refractivity contribution in [2.45, 2.75) is 101 Å². The Bertz CT molecular complexity index is 2360. The number of hydrogen-bond donors (Lipinski definition) is 4. The average molecular weight is 1040 g/mol. The molecule has 0 spiro atoms. The van der Waals surface area contributed by atoms with Crippen molar-refractivity contribution in [3.63, 3.8) is 0 Å². The van der Waals surface area contributed by atoms with Crippen molar-refractivity contribution in [3.05, 3.63) is 131 Å². The second-order valence-electron chi connectivity index (χ2n) is 18.8. The van der Waals surface area contributed by atoms with Crippen LogP contribution in [-0.2, 0) is 41.6 Å². The summed E-state index contributed by atoms with van der Waals surface area (Å²) < 4.78 is 83.4. The Morgan fingerprint density at radius 1 is 0.541 bits per heavy atom. The number of nitrogens with one attached hydrogen (secondary N) is 4. The quantitative estimate of drug-likeness (QED) is 0.0725. The molecule has 2 aliphatic heterocycles. The Morgan fingerprint density at radius 3 is 1.19 bits per heavy atom. The summed E-state index contributed by atoms with van der Waals surface area (Å²) in [5.41, 5.74) is 3.56. The van der Waals surface area contributed by atoms with Crippen molar-refractivity contribution in [1.82, 2.24) is 40.9 Å². The van der Waals surface area contributed by atoms with Crippen LogP contribution >= 0.6 is 0 Å². The molecule has 20 heteroatoms. The number of alkyl halides is 6. The molecule has 2 heterocycles. The SMILES string of the molecule is CN[C@@H](C)C(=O)NC(C(=O)N1CCC[C@H]1CN(CCc1ccccc1)C(=O)C(F)(F)F)c1ccc(-c2ccc(C(NC(=O)[C@H](C)NC)C(=O)N3CCC[C@H]3CN(CCc3ccccc3)C(=O)C(F)(F)F)cc2)cc1. The summed E-state index contributed by atoms with van der Waals surface area (Å²) in [4.78, 5) is 85.6. The smallest absolute Gasteiger partial charge is 0.339 e. The van der Waals surface area contributed by atoms with Gasteiger partial charge < -0.3 is 40.9 Å². The van der Waals surface area contributed by atoms with Crippen LogP contribution in [0, 0.1) is 0 Å². The predicted molar refractivity (Wildman–Crippen MR) is 266 cm³/mol. The minimum atomic E-state index is -5.14. The lowest BCUT2D eigenvalue weighted by atomic mass is 9.97. The monoisotopic (exact) mass is 1030 g/mol. The molecule has 398 valence electrons. The van der Waals surface area contributed by atoms with Crippen LogP contribution in [0.3, 0.4) is 0 Å². The van der Waals surface area contributed by atoms with Crippen molar-refractivity contribution in [1.29, 1.82) is 0 Å². The highest BCUT2D eigenvalue weighted by molar-refractivity contribution is 5.92. The Hall–Kier alpha value is -6.80. The van der Waals surface area contributed by atoms with E-state index in [-0.39, 0.29) is 52.1 Å². The topological polar surface area (TPSA) is 164 Å². The molecule has 74 heavy (non-hydrogen) atoms. The van der Waals surface area contributed by atoms with Gasteiger partial charge in [0.05, 0.1) is 12.1 Å². The molecular formula is C54H64F6N8O6. The van der Waals surface area contributed by atoms with Gasteiger partial charge in [0.25, 0.3) is 0 Å². The van der Waals surface area contributed by atoms with Gasteiger partial charge in [-0.2, -0.15) is 26.3 Å². The van der Waals surface area contributed by atoms with Crippen LogP contribution in [0.25, 0.3) is 11.1 Å². The van der Waals surface area contributed by atoms with Gasteiger partial charge in [-0.25, -0.2) is 0 Å². The third-order valence-corrected chi connectivity index (χ3v) is 13.8. The fourth-order valence-corrected chi connectivity index (χ4v) is 9.31. The van der Waals surface area contributed by atoms with E-state index in [2.05, 4.69) is 21.3 Å². The Kier molecular flexibility index (Phi) is 19.4. The van der Waals surface area contributed by atoms with Gasteiger partial charge in [-0.15, -0.1) is 0 Å². The number of amides is 6. The maximum atomic E-state index is 14.5. The van der Waals surface area contributed by atoms with Crippen molar-refractivity contribution >= 4 is 35.4 Å². The van der Waals surface area contributed by atoms with Crippen LogP contribution in [0.15, 0.2) is 109 Å². The molecule has 2 aliphatic rings. The van der Waals surface area contributed by atoms with Crippen LogP contribution in [0.2, 0.25) is 0 Å². The van der Waals surface area contributed by atoms with E-state index in [0.717, 1.165) is 20.9 Å². The number of likely N-dealkylation sites (tertiary alicyclic amines) is 2. The fourth-order valence-electron chi connectivity index (χ4n) is 9.31. The number of halogens is 6. The zero-order valence-electron chi connectivity index (χ0n) is 41.8. The Balaban J connectivity index is 1.22.